The largest absolute Gasteiger partial charge is 0.478 e. The second kappa shape index (κ2) is 5.46. The van der Waals surface area contributed by atoms with Gasteiger partial charge in [-0.1, -0.05) is 18.2 Å². The van der Waals surface area contributed by atoms with Crippen molar-refractivity contribution in [3.8, 4) is 11.1 Å². The van der Waals surface area contributed by atoms with Crippen LogP contribution in [-0.2, 0) is 4.79 Å². The highest BCUT2D eigenvalue weighted by Gasteiger charge is 2.20. The number of carboxylic acids is 1. The molecule has 0 unspecified atom stereocenters. The molecule has 2 rings (SSSR count). The number of benzene rings is 1. The molecule has 1 heterocycles. The van der Waals surface area contributed by atoms with Gasteiger partial charge in [0.25, 0.3) is 0 Å². The topological polar surface area (TPSA) is 66.4 Å². The molecule has 0 saturated heterocycles. The maximum absolute atomic E-state index is 11.5. The molecule has 1 aromatic heterocycles. The number of thiophene rings is 1. The Bertz CT molecular complexity index is 688. The molecule has 2 N–H and O–H groups in total. The lowest BCUT2D eigenvalue weighted by atomic mass is 9.99. The van der Waals surface area contributed by atoms with Crippen molar-refractivity contribution < 1.29 is 14.7 Å². The predicted molar refractivity (Wildman–Crippen MR) is 80.5 cm³/mol. The molecule has 20 heavy (non-hydrogen) atoms. The van der Waals surface area contributed by atoms with E-state index in [9.17, 15) is 14.7 Å². The van der Waals surface area contributed by atoms with Crippen LogP contribution in [0.25, 0.3) is 11.1 Å². The third-order valence-electron chi connectivity index (χ3n) is 3.11. The molecule has 2 aromatic rings. The summed E-state index contributed by atoms with van der Waals surface area (Å²) in [6.07, 6.45) is 0. The third kappa shape index (κ3) is 2.72. The van der Waals surface area contributed by atoms with Gasteiger partial charge in [0.1, 0.15) is 10.6 Å². The Hall–Kier alpha value is -2.14. The van der Waals surface area contributed by atoms with Gasteiger partial charge < -0.3 is 10.4 Å². The Kier molecular flexibility index (Phi) is 3.90. The quantitative estimate of drug-likeness (QED) is 0.905. The molecular formula is C15H15NO3S. The van der Waals surface area contributed by atoms with Crippen molar-refractivity contribution in [2.75, 3.05) is 5.32 Å². The van der Waals surface area contributed by atoms with Gasteiger partial charge >= 0.3 is 5.97 Å². The molecule has 0 spiro atoms. The highest BCUT2D eigenvalue weighted by Crippen LogP contribution is 2.36. The molecule has 104 valence electrons. The van der Waals surface area contributed by atoms with E-state index in [4.69, 9.17) is 0 Å². The first kappa shape index (κ1) is 14.3. The number of hydrogen-bond donors (Lipinski definition) is 2. The SMILES string of the molecule is CC(=O)Nc1scc(-c2ccc(C)c(C)c2)c1C(=O)O. The van der Waals surface area contributed by atoms with E-state index in [2.05, 4.69) is 5.32 Å². The highest BCUT2D eigenvalue weighted by molar-refractivity contribution is 7.15. The maximum Gasteiger partial charge on any atom is 0.339 e. The standard InChI is InChI=1S/C15H15NO3S/c1-8-4-5-11(6-9(8)2)12-7-20-14(16-10(3)17)13(12)15(18)19/h4-7H,1-3H3,(H,16,17)(H,18,19). The molecule has 0 bridgehead atoms. The van der Waals surface area contributed by atoms with Gasteiger partial charge in [0, 0.05) is 17.9 Å². The van der Waals surface area contributed by atoms with Gasteiger partial charge in [-0.15, -0.1) is 11.3 Å². The van der Waals surface area contributed by atoms with E-state index >= 15 is 0 Å². The lowest BCUT2D eigenvalue weighted by Crippen LogP contribution is -2.09. The molecule has 0 radical (unpaired) electrons. The minimum Gasteiger partial charge on any atom is -0.478 e. The van der Waals surface area contributed by atoms with Gasteiger partial charge in [0.15, 0.2) is 0 Å². The fraction of sp³-hybridized carbons (Fsp3) is 0.200. The van der Waals surface area contributed by atoms with Gasteiger partial charge in [-0.2, -0.15) is 0 Å². The second-order valence-corrected chi connectivity index (χ2v) is 5.52. The van der Waals surface area contributed by atoms with E-state index in [0.29, 0.717) is 10.6 Å². The Morgan fingerprint density at radius 2 is 1.90 bits per heavy atom. The first-order chi connectivity index (χ1) is 9.40. The van der Waals surface area contributed by atoms with Crippen LogP contribution in [0.4, 0.5) is 5.00 Å². The summed E-state index contributed by atoms with van der Waals surface area (Å²) in [6.45, 7) is 5.36. The first-order valence-corrected chi connectivity index (χ1v) is 6.98. The van der Waals surface area contributed by atoms with E-state index < -0.39 is 5.97 Å². The maximum atomic E-state index is 11.5. The number of carbonyl (C=O) groups excluding carboxylic acids is 1. The number of hydrogen-bond acceptors (Lipinski definition) is 3. The summed E-state index contributed by atoms with van der Waals surface area (Å²) < 4.78 is 0. The highest BCUT2D eigenvalue weighted by atomic mass is 32.1. The number of aromatic carboxylic acids is 1. The van der Waals surface area contributed by atoms with E-state index in [-0.39, 0.29) is 11.5 Å². The van der Waals surface area contributed by atoms with Gasteiger partial charge in [0.2, 0.25) is 5.91 Å². The minimum absolute atomic E-state index is 0.147. The lowest BCUT2D eigenvalue weighted by Gasteiger charge is -2.06. The molecule has 4 nitrogen and oxygen atoms in total. The summed E-state index contributed by atoms with van der Waals surface area (Å²) in [5, 5.41) is 14.1. The Labute approximate surface area is 121 Å². The molecular weight excluding hydrogens is 274 g/mol. The number of aryl methyl sites for hydroxylation is 2. The zero-order valence-electron chi connectivity index (χ0n) is 11.5. The molecule has 0 saturated carbocycles. The summed E-state index contributed by atoms with van der Waals surface area (Å²) in [5.41, 5.74) is 3.88. The molecule has 0 aliphatic heterocycles. The molecule has 0 aliphatic carbocycles. The molecule has 0 aliphatic rings. The fourth-order valence-electron chi connectivity index (χ4n) is 1.94. The van der Waals surface area contributed by atoms with Crippen LogP contribution >= 0.6 is 11.3 Å². The van der Waals surface area contributed by atoms with Gasteiger partial charge in [-0.25, -0.2) is 4.79 Å². The molecule has 0 fully saturated rings. The lowest BCUT2D eigenvalue weighted by molar-refractivity contribution is -0.114. The number of nitrogens with one attached hydrogen (secondary N) is 1. The average Bonchev–Trinajstić information content (AvgIpc) is 2.75. The first-order valence-electron chi connectivity index (χ1n) is 6.10. The number of anilines is 1. The van der Waals surface area contributed by atoms with Crippen LogP contribution in [0.2, 0.25) is 0 Å². The number of rotatable bonds is 3. The number of carboxylic acid groups (broad SMARTS) is 1. The van der Waals surface area contributed by atoms with Crippen molar-refractivity contribution in [1.82, 2.24) is 0 Å². The van der Waals surface area contributed by atoms with Crippen LogP contribution in [0.1, 0.15) is 28.4 Å². The fourth-order valence-corrected chi connectivity index (χ4v) is 2.95. The average molecular weight is 289 g/mol. The van der Waals surface area contributed by atoms with Gasteiger partial charge in [0.05, 0.1) is 0 Å². The van der Waals surface area contributed by atoms with Crippen molar-refractivity contribution in [3.63, 3.8) is 0 Å². The normalized spacial score (nSPS) is 10.3. The minimum atomic E-state index is -1.04. The Balaban J connectivity index is 2.56. The molecule has 1 aromatic carbocycles. The van der Waals surface area contributed by atoms with E-state index in [0.717, 1.165) is 16.7 Å². The Morgan fingerprint density at radius 3 is 2.45 bits per heavy atom. The summed E-state index contributed by atoms with van der Waals surface area (Å²) in [6, 6.07) is 5.82. The molecule has 5 heteroatoms. The van der Waals surface area contributed by atoms with Crippen molar-refractivity contribution in [2.45, 2.75) is 20.8 Å². The van der Waals surface area contributed by atoms with Crippen molar-refractivity contribution >= 4 is 28.2 Å². The van der Waals surface area contributed by atoms with Crippen LogP contribution in [0, 0.1) is 13.8 Å². The molecule has 1 amide bonds. The van der Waals surface area contributed by atoms with Crippen LogP contribution in [-0.4, -0.2) is 17.0 Å². The molecule has 0 atom stereocenters. The zero-order chi connectivity index (χ0) is 14.9. The summed E-state index contributed by atoms with van der Waals surface area (Å²) in [5.74, 6) is -1.32. The van der Waals surface area contributed by atoms with Crippen molar-refractivity contribution in [2.24, 2.45) is 0 Å². The van der Waals surface area contributed by atoms with Gasteiger partial charge in [-0.3, -0.25) is 4.79 Å². The summed E-state index contributed by atoms with van der Waals surface area (Å²) in [7, 11) is 0. The van der Waals surface area contributed by atoms with Crippen LogP contribution in [0.5, 0.6) is 0 Å². The van der Waals surface area contributed by atoms with Crippen molar-refractivity contribution in [3.05, 3.63) is 40.3 Å². The summed E-state index contributed by atoms with van der Waals surface area (Å²) >= 11 is 1.22. The smallest absolute Gasteiger partial charge is 0.339 e. The zero-order valence-corrected chi connectivity index (χ0v) is 12.3. The van der Waals surface area contributed by atoms with Crippen LogP contribution in [0.15, 0.2) is 23.6 Å². The van der Waals surface area contributed by atoms with Crippen LogP contribution < -0.4 is 5.32 Å². The predicted octanol–water partition coefficient (Wildman–Crippen LogP) is 3.69. The van der Waals surface area contributed by atoms with E-state index in [1.54, 1.807) is 5.38 Å². The summed E-state index contributed by atoms with van der Waals surface area (Å²) in [4.78, 5) is 22.6. The number of amides is 1. The Morgan fingerprint density at radius 1 is 1.20 bits per heavy atom. The van der Waals surface area contributed by atoms with E-state index in [1.807, 2.05) is 32.0 Å². The van der Waals surface area contributed by atoms with Gasteiger partial charge in [-0.05, 0) is 30.5 Å². The second-order valence-electron chi connectivity index (χ2n) is 4.64. The van der Waals surface area contributed by atoms with E-state index in [1.165, 1.54) is 18.3 Å². The van der Waals surface area contributed by atoms with Crippen molar-refractivity contribution in [1.29, 1.82) is 0 Å². The third-order valence-corrected chi connectivity index (χ3v) is 4.01. The monoisotopic (exact) mass is 289 g/mol. The number of carbonyl (C=O) groups is 2. The van der Waals surface area contributed by atoms with Crippen LogP contribution in [0.3, 0.4) is 0 Å².